The Morgan fingerprint density at radius 2 is 1.84 bits per heavy atom. The predicted octanol–water partition coefficient (Wildman–Crippen LogP) is 8.49. The fraction of sp³-hybridized carbons (Fsp3) is 0.458. The van der Waals surface area contributed by atoms with Gasteiger partial charge in [-0.3, -0.25) is 0 Å². The molecule has 0 fully saturated rings. The van der Waals surface area contributed by atoms with E-state index in [9.17, 15) is 0 Å². The van der Waals surface area contributed by atoms with Gasteiger partial charge in [0.1, 0.15) is 0 Å². The van der Waals surface area contributed by atoms with Gasteiger partial charge in [-0.2, -0.15) is 0 Å². The fourth-order valence-electron chi connectivity index (χ4n) is 2.62. The molecule has 1 aromatic carbocycles. The maximum atomic E-state index is 3.72. The molecule has 1 aliphatic heterocycles. The van der Waals surface area contributed by atoms with Gasteiger partial charge in [0.25, 0.3) is 0 Å². The molecule has 1 heterocycles. The summed E-state index contributed by atoms with van der Waals surface area (Å²) in [5.74, 6) is 0.519. The molecule has 25 heavy (non-hydrogen) atoms. The van der Waals surface area contributed by atoms with Crippen molar-refractivity contribution in [2.45, 2.75) is 72.6 Å². The van der Waals surface area contributed by atoms with Crippen LogP contribution in [0.1, 0.15) is 83.8 Å². The summed E-state index contributed by atoms with van der Waals surface area (Å²) in [7, 11) is 0. The minimum Gasteiger partial charge on any atom is -0.130 e. The monoisotopic (exact) mass is 354 g/mol. The molecule has 2 rings (SSSR count). The van der Waals surface area contributed by atoms with E-state index in [1.165, 1.54) is 46.4 Å². The van der Waals surface area contributed by atoms with Gasteiger partial charge in [-0.1, -0.05) is 87.9 Å². The number of unbranched alkanes of at least 4 members (excludes halogenated alkanes) is 1. The highest BCUT2D eigenvalue weighted by Crippen LogP contribution is 2.36. The molecule has 0 saturated carbocycles. The minimum absolute atomic E-state index is 0.519. The van der Waals surface area contributed by atoms with Crippen molar-refractivity contribution in [3.63, 3.8) is 0 Å². The zero-order chi connectivity index (χ0) is 18.7. The summed E-state index contributed by atoms with van der Waals surface area (Å²) in [6.45, 7) is 14.7. The van der Waals surface area contributed by atoms with Crippen molar-refractivity contribution in [2.24, 2.45) is 0 Å². The topological polar surface area (TPSA) is 0 Å². The highest BCUT2D eigenvalue weighted by molar-refractivity contribution is 8.11. The first-order chi connectivity index (χ1) is 12.0. The molecule has 1 atom stereocenters. The second kappa shape index (κ2) is 12.0. The molecule has 0 aliphatic carbocycles. The van der Waals surface area contributed by atoms with Crippen molar-refractivity contribution in [1.82, 2.24) is 0 Å². The van der Waals surface area contributed by atoms with E-state index in [1.807, 2.05) is 11.8 Å². The normalized spacial score (nSPS) is 14.9. The standard InChI is InChI=1S/C20H24S.C4H10/c1-5-15(2)14-17(4)18-9-11-19(12-10-18)20-16(3)8-6-7-13-21-20;1-3-4-2/h7,9-13,17H,1,6,8,14H2,2-4H3;3-4H2,1-2H3/t17-;/m0./s1. The average molecular weight is 355 g/mol. The smallest absolute Gasteiger partial charge is 0.0178 e. The molecule has 0 nitrogen and oxygen atoms in total. The number of hydrogen-bond donors (Lipinski definition) is 0. The molecule has 136 valence electrons. The van der Waals surface area contributed by atoms with E-state index in [0.717, 1.165) is 12.8 Å². The third-order valence-electron chi connectivity index (χ3n) is 4.51. The zero-order valence-electron chi connectivity index (χ0n) is 16.7. The Bertz CT molecular complexity index is 623. The Morgan fingerprint density at radius 1 is 1.20 bits per heavy atom. The van der Waals surface area contributed by atoms with Gasteiger partial charge >= 0.3 is 0 Å². The highest BCUT2D eigenvalue weighted by Gasteiger charge is 2.10. The Labute approximate surface area is 159 Å². The van der Waals surface area contributed by atoms with Crippen LogP contribution in [0.4, 0.5) is 0 Å². The molecule has 0 N–H and O–H groups in total. The third kappa shape index (κ3) is 7.55. The summed E-state index contributed by atoms with van der Waals surface area (Å²) in [5.41, 5.74) is 8.45. The van der Waals surface area contributed by atoms with Crippen molar-refractivity contribution in [2.75, 3.05) is 0 Å². The van der Waals surface area contributed by atoms with E-state index in [-0.39, 0.29) is 0 Å². The highest BCUT2D eigenvalue weighted by atomic mass is 32.2. The molecular formula is C24H34S. The second-order valence-electron chi connectivity index (χ2n) is 6.82. The quantitative estimate of drug-likeness (QED) is 0.478. The second-order valence-corrected chi connectivity index (χ2v) is 7.74. The van der Waals surface area contributed by atoms with Crippen LogP contribution in [0, 0.1) is 0 Å². The van der Waals surface area contributed by atoms with Crippen LogP contribution in [0.2, 0.25) is 0 Å². The van der Waals surface area contributed by atoms with Gasteiger partial charge in [0.15, 0.2) is 0 Å². The lowest BCUT2D eigenvalue weighted by molar-refractivity contribution is 0.752. The van der Waals surface area contributed by atoms with Crippen LogP contribution in [0.25, 0.3) is 4.91 Å². The van der Waals surface area contributed by atoms with Crippen LogP contribution in [0.3, 0.4) is 0 Å². The molecule has 0 bridgehead atoms. The first kappa shape index (κ1) is 21.6. The molecular weight excluding hydrogens is 320 g/mol. The van der Waals surface area contributed by atoms with Gasteiger partial charge in [-0.25, -0.2) is 0 Å². The van der Waals surface area contributed by atoms with E-state index in [4.69, 9.17) is 0 Å². The summed E-state index contributed by atoms with van der Waals surface area (Å²) < 4.78 is 0. The molecule has 0 aromatic heterocycles. The Kier molecular flexibility index (Phi) is 10.4. The van der Waals surface area contributed by atoms with E-state index < -0.39 is 0 Å². The number of thioether (sulfide) groups is 1. The number of benzene rings is 1. The lowest BCUT2D eigenvalue weighted by Gasteiger charge is -2.13. The van der Waals surface area contributed by atoms with Crippen LogP contribution < -0.4 is 0 Å². The number of allylic oxidation sites excluding steroid dienone is 3. The van der Waals surface area contributed by atoms with E-state index in [1.54, 1.807) is 0 Å². The number of rotatable bonds is 5. The van der Waals surface area contributed by atoms with Crippen molar-refractivity contribution in [3.05, 3.63) is 70.3 Å². The van der Waals surface area contributed by atoms with Crippen molar-refractivity contribution in [1.29, 1.82) is 0 Å². The Morgan fingerprint density at radius 3 is 2.40 bits per heavy atom. The average Bonchev–Trinajstić information content (AvgIpc) is 2.86. The molecule has 0 saturated heterocycles. The van der Waals surface area contributed by atoms with Gasteiger partial charge in [0, 0.05) is 4.91 Å². The minimum atomic E-state index is 0.519. The third-order valence-corrected chi connectivity index (χ3v) is 5.66. The summed E-state index contributed by atoms with van der Waals surface area (Å²) in [5, 5.41) is 2.22. The number of hydrogen-bond acceptors (Lipinski definition) is 1. The van der Waals surface area contributed by atoms with Crippen LogP contribution in [-0.4, -0.2) is 0 Å². The molecule has 1 aliphatic rings. The van der Waals surface area contributed by atoms with E-state index in [2.05, 4.69) is 82.7 Å². The Balaban J connectivity index is 0.000000705. The molecule has 0 amide bonds. The maximum absolute atomic E-state index is 3.72. The van der Waals surface area contributed by atoms with Gasteiger partial charge in [-0.15, -0.1) is 5.73 Å². The van der Waals surface area contributed by atoms with Gasteiger partial charge in [-0.05, 0) is 61.1 Å². The molecule has 1 heteroatoms. The van der Waals surface area contributed by atoms with Crippen molar-refractivity contribution >= 4 is 16.7 Å². The Hall–Kier alpha value is -1.43. The van der Waals surface area contributed by atoms with Gasteiger partial charge in [0.05, 0.1) is 0 Å². The van der Waals surface area contributed by atoms with Crippen LogP contribution in [0.5, 0.6) is 0 Å². The van der Waals surface area contributed by atoms with Crippen LogP contribution >= 0.6 is 11.8 Å². The van der Waals surface area contributed by atoms with E-state index in [0.29, 0.717) is 5.92 Å². The SMILES string of the molecule is C=C=C(C)C[C@H](C)c1ccc(C2=C(C)CCC=CS2)cc1.CCCC. The van der Waals surface area contributed by atoms with Gasteiger partial charge in [0.2, 0.25) is 0 Å². The first-order valence-corrected chi connectivity index (χ1v) is 10.4. The summed E-state index contributed by atoms with van der Waals surface area (Å²) in [6.07, 6.45) is 8.26. The van der Waals surface area contributed by atoms with E-state index >= 15 is 0 Å². The van der Waals surface area contributed by atoms with Crippen LogP contribution in [0.15, 0.2) is 59.2 Å². The van der Waals surface area contributed by atoms with Gasteiger partial charge < -0.3 is 0 Å². The molecule has 0 spiro atoms. The summed E-state index contributed by atoms with van der Waals surface area (Å²) in [6, 6.07) is 9.07. The maximum Gasteiger partial charge on any atom is 0.0178 e. The lowest BCUT2D eigenvalue weighted by Crippen LogP contribution is -1.95. The largest absolute Gasteiger partial charge is 0.130 e. The zero-order valence-corrected chi connectivity index (χ0v) is 17.5. The van der Waals surface area contributed by atoms with Crippen molar-refractivity contribution < 1.29 is 0 Å². The molecule has 1 aromatic rings. The summed E-state index contributed by atoms with van der Waals surface area (Å²) in [4.78, 5) is 1.42. The fourth-order valence-corrected chi connectivity index (χ4v) is 3.57. The van der Waals surface area contributed by atoms with Crippen LogP contribution in [-0.2, 0) is 0 Å². The predicted molar refractivity (Wildman–Crippen MR) is 117 cm³/mol. The molecule has 0 radical (unpaired) electrons. The van der Waals surface area contributed by atoms with Crippen molar-refractivity contribution in [3.8, 4) is 0 Å². The molecule has 0 unspecified atom stereocenters. The summed E-state index contributed by atoms with van der Waals surface area (Å²) >= 11 is 1.85. The first-order valence-electron chi connectivity index (χ1n) is 9.50. The lowest BCUT2D eigenvalue weighted by atomic mass is 9.93.